The average Bonchev–Trinajstić information content (AvgIpc) is 2.43. The van der Waals surface area contributed by atoms with E-state index in [0.29, 0.717) is 13.0 Å². The molecule has 1 rings (SSSR count). The Labute approximate surface area is 116 Å². The Hall–Kier alpha value is -1.39. The molecule has 0 spiro atoms. The van der Waals surface area contributed by atoms with Crippen LogP contribution in [0.15, 0.2) is 24.3 Å². The average molecular weight is 263 g/mol. The van der Waals surface area contributed by atoms with Crippen LogP contribution < -0.4 is 11.1 Å². The summed E-state index contributed by atoms with van der Waals surface area (Å²) in [6, 6.07) is 7.66. The standard InChI is InChI=1S/C15H25N3O/c1-3-4-10-18(2)11-9-15(19)17-14-8-6-5-7-13(14)12-16/h5-8H,3-4,9-12,16H2,1-2H3,(H,17,19). The molecule has 0 fully saturated rings. The third kappa shape index (κ3) is 5.85. The summed E-state index contributed by atoms with van der Waals surface area (Å²) >= 11 is 0. The third-order valence-electron chi connectivity index (χ3n) is 3.13. The van der Waals surface area contributed by atoms with Crippen LogP contribution in [0, 0.1) is 0 Å². The molecule has 0 saturated carbocycles. The maximum absolute atomic E-state index is 11.9. The monoisotopic (exact) mass is 263 g/mol. The third-order valence-corrected chi connectivity index (χ3v) is 3.13. The highest BCUT2D eigenvalue weighted by molar-refractivity contribution is 5.91. The first-order valence-electron chi connectivity index (χ1n) is 6.93. The molecule has 106 valence electrons. The van der Waals surface area contributed by atoms with Crippen LogP contribution >= 0.6 is 0 Å². The number of unbranched alkanes of at least 4 members (excludes halogenated alkanes) is 1. The minimum absolute atomic E-state index is 0.0456. The fourth-order valence-corrected chi connectivity index (χ4v) is 1.87. The van der Waals surface area contributed by atoms with E-state index in [9.17, 15) is 4.79 Å². The first kappa shape index (κ1) is 15.7. The Morgan fingerprint density at radius 3 is 2.74 bits per heavy atom. The topological polar surface area (TPSA) is 58.4 Å². The molecular formula is C15H25N3O. The van der Waals surface area contributed by atoms with Crippen molar-refractivity contribution in [2.45, 2.75) is 32.7 Å². The summed E-state index contributed by atoms with van der Waals surface area (Å²) in [5.74, 6) is 0.0456. The molecule has 0 unspecified atom stereocenters. The molecule has 1 amide bonds. The maximum atomic E-state index is 11.9. The Kier molecular flexibility index (Phi) is 7.15. The zero-order valence-electron chi connectivity index (χ0n) is 12.0. The number of benzene rings is 1. The maximum Gasteiger partial charge on any atom is 0.225 e. The number of rotatable bonds is 8. The number of carbonyl (C=O) groups is 1. The van der Waals surface area contributed by atoms with Crippen molar-refractivity contribution < 1.29 is 4.79 Å². The number of hydrogen-bond acceptors (Lipinski definition) is 3. The van der Waals surface area contributed by atoms with E-state index in [0.717, 1.165) is 24.3 Å². The summed E-state index contributed by atoms with van der Waals surface area (Å²) in [5.41, 5.74) is 7.44. The van der Waals surface area contributed by atoms with Crippen LogP contribution in [0.4, 0.5) is 5.69 Å². The van der Waals surface area contributed by atoms with Crippen molar-refractivity contribution in [3.8, 4) is 0 Å². The molecule has 0 heterocycles. The van der Waals surface area contributed by atoms with Crippen molar-refractivity contribution in [1.82, 2.24) is 4.90 Å². The van der Waals surface area contributed by atoms with Crippen molar-refractivity contribution in [3.05, 3.63) is 29.8 Å². The van der Waals surface area contributed by atoms with Gasteiger partial charge in [0.15, 0.2) is 0 Å². The molecule has 0 aliphatic carbocycles. The lowest BCUT2D eigenvalue weighted by atomic mass is 10.1. The number of nitrogens with one attached hydrogen (secondary N) is 1. The number of nitrogens with two attached hydrogens (primary N) is 1. The summed E-state index contributed by atoms with van der Waals surface area (Å²) in [6.07, 6.45) is 2.87. The number of nitrogens with zero attached hydrogens (tertiary/aromatic N) is 1. The minimum Gasteiger partial charge on any atom is -0.326 e. The van der Waals surface area contributed by atoms with Crippen LogP contribution in [0.2, 0.25) is 0 Å². The van der Waals surface area contributed by atoms with Gasteiger partial charge in [0.1, 0.15) is 0 Å². The molecule has 19 heavy (non-hydrogen) atoms. The predicted molar refractivity (Wildman–Crippen MR) is 80.0 cm³/mol. The van der Waals surface area contributed by atoms with Crippen LogP contribution in [-0.4, -0.2) is 30.9 Å². The van der Waals surface area contributed by atoms with Gasteiger partial charge in [-0.2, -0.15) is 0 Å². The summed E-state index contributed by atoms with van der Waals surface area (Å²) in [7, 11) is 2.05. The summed E-state index contributed by atoms with van der Waals surface area (Å²) in [5, 5.41) is 2.93. The van der Waals surface area contributed by atoms with Gasteiger partial charge in [0.2, 0.25) is 5.91 Å². The number of carbonyl (C=O) groups excluding carboxylic acids is 1. The second-order valence-corrected chi connectivity index (χ2v) is 4.82. The Balaban J connectivity index is 2.38. The second kappa shape index (κ2) is 8.67. The quantitative estimate of drug-likeness (QED) is 0.756. The molecular weight excluding hydrogens is 238 g/mol. The molecule has 1 aromatic carbocycles. The fourth-order valence-electron chi connectivity index (χ4n) is 1.87. The molecule has 0 aliphatic rings. The minimum atomic E-state index is 0.0456. The molecule has 3 N–H and O–H groups in total. The summed E-state index contributed by atoms with van der Waals surface area (Å²) in [6.45, 7) is 4.44. The first-order valence-corrected chi connectivity index (χ1v) is 6.93. The lowest BCUT2D eigenvalue weighted by molar-refractivity contribution is -0.116. The Morgan fingerprint density at radius 2 is 2.05 bits per heavy atom. The summed E-state index contributed by atoms with van der Waals surface area (Å²) < 4.78 is 0. The molecule has 4 heteroatoms. The predicted octanol–water partition coefficient (Wildman–Crippen LogP) is 2.21. The van der Waals surface area contributed by atoms with E-state index in [1.54, 1.807) is 0 Å². The van der Waals surface area contributed by atoms with Crippen molar-refractivity contribution in [2.75, 3.05) is 25.5 Å². The van der Waals surface area contributed by atoms with Gasteiger partial charge < -0.3 is 16.0 Å². The molecule has 0 saturated heterocycles. The van der Waals surface area contributed by atoms with Gasteiger partial charge in [0, 0.05) is 25.2 Å². The fraction of sp³-hybridized carbons (Fsp3) is 0.533. The van der Waals surface area contributed by atoms with E-state index >= 15 is 0 Å². The van der Waals surface area contributed by atoms with Gasteiger partial charge in [-0.25, -0.2) is 0 Å². The smallest absolute Gasteiger partial charge is 0.225 e. The first-order chi connectivity index (χ1) is 9.17. The van der Waals surface area contributed by atoms with Gasteiger partial charge in [-0.1, -0.05) is 31.5 Å². The van der Waals surface area contributed by atoms with Gasteiger partial charge in [0.25, 0.3) is 0 Å². The zero-order chi connectivity index (χ0) is 14.1. The largest absolute Gasteiger partial charge is 0.326 e. The molecule has 0 atom stereocenters. The van der Waals surface area contributed by atoms with Crippen LogP contribution in [0.25, 0.3) is 0 Å². The van der Waals surface area contributed by atoms with E-state index in [1.165, 1.54) is 12.8 Å². The van der Waals surface area contributed by atoms with E-state index in [1.807, 2.05) is 24.3 Å². The van der Waals surface area contributed by atoms with Gasteiger partial charge >= 0.3 is 0 Å². The highest BCUT2D eigenvalue weighted by Crippen LogP contribution is 2.14. The van der Waals surface area contributed by atoms with E-state index in [2.05, 4.69) is 24.2 Å². The SMILES string of the molecule is CCCCN(C)CCC(=O)Nc1ccccc1CN. The van der Waals surface area contributed by atoms with E-state index in [-0.39, 0.29) is 5.91 Å². The molecule has 1 aromatic rings. The molecule has 0 aromatic heterocycles. The molecule has 0 radical (unpaired) electrons. The van der Waals surface area contributed by atoms with Gasteiger partial charge in [-0.3, -0.25) is 4.79 Å². The van der Waals surface area contributed by atoms with Gasteiger partial charge in [-0.15, -0.1) is 0 Å². The second-order valence-electron chi connectivity index (χ2n) is 4.82. The van der Waals surface area contributed by atoms with E-state index < -0.39 is 0 Å². The number of amides is 1. The summed E-state index contributed by atoms with van der Waals surface area (Å²) in [4.78, 5) is 14.1. The number of hydrogen-bond donors (Lipinski definition) is 2. The van der Waals surface area contributed by atoms with Gasteiger partial charge in [-0.05, 0) is 31.6 Å². The zero-order valence-corrected chi connectivity index (χ0v) is 12.0. The lowest BCUT2D eigenvalue weighted by Gasteiger charge is -2.16. The number of para-hydroxylation sites is 1. The van der Waals surface area contributed by atoms with Crippen LogP contribution in [-0.2, 0) is 11.3 Å². The van der Waals surface area contributed by atoms with Crippen LogP contribution in [0.3, 0.4) is 0 Å². The normalized spacial score (nSPS) is 10.7. The molecule has 0 bridgehead atoms. The Bertz CT molecular complexity index is 393. The highest BCUT2D eigenvalue weighted by atomic mass is 16.1. The van der Waals surface area contributed by atoms with Crippen molar-refractivity contribution >= 4 is 11.6 Å². The van der Waals surface area contributed by atoms with Crippen molar-refractivity contribution in [3.63, 3.8) is 0 Å². The van der Waals surface area contributed by atoms with Gasteiger partial charge in [0.05, 0.1) is 0 Å². The van der Waals surface area contributed by atoms with Crippen LogP contribution in [0.5, 0.6) is 0 Å². The lowest BCUT2D eigenvalue weighted by Crippen LogP contribution is -2.25. The molecule has 4 nitrogen and oxygen atoms in total. The Morgan fingerprint density at radius 1 is 1.32 bits per heavy atom. The van der Waals surface area contributed by atoms with E-state index in [4.69, 9.17) is 5.73 Å². The van der Waals surface area contributed by atoms with Crippen molar-refractivity contribution in [1.29, 1.82) is 0 Å². The molecule has 0 aliphatic heterocycles. The number of anilines is 1. The van der Waals surface area contributed by atoms with Crippen molar-refractivity contribution in [2.24, 2.45) is 5.73 Å². The highest BCUT2D eigenvalue weighted by Gasteiger charge is 2.07. The van der Waals surface area contributed by atoms with Crippen LogP contribution in [0.1, 0.15) is 31.7 Å².